The number of rotatable bonds is 6. The molecule has 0 N–H and O–H groups in total. The summed E-state index contributed by atoms with van der Waals surface area (Å²) in [5.41, 5.74) is 1.83. The molecule has 168 valence electrons. The topological polar surface area (TPSA) is 121 Å². The predicted octanol–water partition coefficient (Wildman–Crippen LogP) is 1.34. The molecule has 0 aliphatic carbocycles. The van der Waals surface area contributed by atoms with Gasteiger partial charge in [0.15, 0.2) is 18.0 Å². The smallest absolute Gasteiger partial charge is 0.340 e. The molecular formula is C21H22N4O6S. The van der Waals surface area contributed by atoms with E-state index in [2.05, 4.69) is 10.1 Å². The maximum absolute atomic E-state index is 12.7. The van der Waals surface area contributed by atoms with Crippen LogP contribution in [0.3, 0.4) is 0 Å². The summed E-state index contributed by atoms with van der Waals surface area (Å²) in [6, 6.07) is 7.21. The number of benzene rings is 1. The molecule has 0 bridgehead atoms. The number of fused-ring (bicyclic) bond motifs is 1. The van der Waals surface area contributed by atoms with Gasteiger partial charge in [0, 0.05) is 37.3 Å². The van der Waals surface area contributed by atoms with Gasteiger partial charge in [-0.25, -0.2) is 18.2 Å². The summed E-state index contributed by atoms with van der Waals surface area (Å²) in [6.07, 6.45) is 1.38. The van der Waals surface area contributed by atoms with Crippen molar-refractivity contribution < 1.29 is 27.5 Å². The molecule has 0 saturated carbocycles. The summed E-state index contributed by atoms with van der Waals surface area (Å²) in [7, 11) is -1.88. The summed E-state index contributed by atoms with van der Waals surface area (Å²) in [5, 5.41) is 4.98. The van der Waals surface area contributed by atoms with E-state index in [1.54, 1.807) is 17.8 Å². The molecule has 10 nitrogen and oxygen atoms in total. The lowest BCUT2D eigenvalue weighted by Crippen LogP contribution is -2.40. The van der Waals surface area contributed by atoms with Crippen molar-refractivity contribution in [1.29, 1.82) is 0 Å². The predicted molar refractivity (Wildman–Crippen MR) is 114 cm³/mol. The van der Waals surface area contributed by atoms with E-state index in [9.17, 15) is 18.0 Å². The molecule has 1 aromatic carbocycles. The average molecular weight is 458 g/mol. The molecule has 4 rings (SSSR count). The van der Waals surface area contributed by atoms with E-state index in [1.807, 2.05) is 6.92 Å². The fourth-order valence-electron chi connectivity index (χ4n) is 3.47. The van der Waals surface area contributed by atoms with E-state index in [4.69, 9.17) is 9.47 Å². The summed E-state index contributed by atoms with van der Waals surface area (Å²) >= 11 is 0. The van der Waals surface area contributed by atoms with Gasteiger partial charge in [0.2, 0.25) is 10.0 Å². The molecule has 3 heterocycles. The minimum Gasteiger partial charge on any atom is -0.454 e. The van der Waals surface area contributed by atoms with E-state index < -0.39 is 28.4 Å². The summed E-state index contributed by atoms with van der Waals surface area (Å²) in [6.45, 7) is 2.62. The lowest BCUT2D eigenvalue weighted by molar-refractivity contribution is 0.0474. The molecule has 0 spiro atoms. The molecule has 0 amide bonds. The van der Waals surface area contributed by atoms with E-state index in [0.717, 1.165) is 11.1 Å². The Balaban J connectivity index is 1.41. The molecular weight excluding hydrogens is 436 g/mol. The molecule has 32 heavy (non-hydrogen) atoms. The summed E-state index contributed by atoms with van der Waals surface area (Å²) in [5.74, 6) is -1.12. The zero-order valence-electron chi connectivity index (χ0n) is 17.6. The molecule has 1 aliphatic rings. The van der Waals surface area contributed by atoms with Crippen LogP contribution in [0, 0.1) is 6.92 Å². The standard InChI is InChI=1S/C21H22N4O6S/c1-14-18-11-16(12-22-20(18)24(2)23-14)21(27)31-13-19(26)15-3-5-17(6-4-15)32(28,29)25-7-9-30-10-8-25/h3-6,11-12H,7-10,13H2,1-2H3. The summed E-state index contributed by atoms with van der Waals surface area (Å²) < 4.78 is 38.6. The normalized spacial score (nSPS) is 15.1. The second-order valence-corrected chi connectivity index (χ2v) is 9.28. The number of ketones is 1. The van der Waals surface area contributed by atoms with Crippen LogP contribution in [0.15, 0.2) is 41.4 Å². The van der Waals surface area contributed by atoms with Crippen LogP contribution < -0.4 is 0 Å². The zero-order chi connectivity index (χ0) is 22.9. The Hall–Kier alpha value is -3.15. The number of hydrogen-bond acceptors (Lipinski definition) is 8. The van der Waals surface area contributed by atoms with Crippen LogP contribution in [-0.2, 0) is 26.5 Å². The molecule has 0 atom stereocenters. The first kappa shape index (κ1) is 22.1. The third-order valence-corrected chi connectivity index (χ3v) is 7.13. The lowest BCUT2D eigenvalue weighted by Gasteiger charge is -2.26. The first-order valence-corrected chi connectivity index (χ1v) is 11.4. The van der Waals surface area contributed by atoms with Gasteiger partial charge in [0.05, 0.1) is 29.4 Å². The van der Waals surface area contributed by atoms with Crippen LogP contribution in [-0.4, -0.2) is 72.2 Å². The zero-order valence-corrected chi connectivity index (χ0v) is 18.5. The quantitative estimate of drug-likeness (QED) is 0.401. The highest BCUT2D eigenvalue weighted by Gasteiger charge is 2.26. The Kier molecular flexibility index (Phi) is 6.04. The molecule has 1 saturated heterocycles. The number of carbonyl (C=O) groups is 2. The highest BCUT2D eigenvalue weighted by atomic mass is 32.2. The summed E-state index contributed by atoms with van der Waals surface area (Å²) in [4.78, 5) is 29.1. The van der Waals surface area contributed by atoms with Crippen molar-refractivity contribution in [2.75, 3.05) is 32.9 Å². The number of aromatic nitrogens is 3. The highest BCUT2D eigenvalue weighted by molar-refractivity contribution is 7.89. The minimum atomic E-state index is -3.64. The number of sulfonamides is 1. The van der Waals surface area contributed by atoms with Crippen molar-refractivity contribution in [3.8, 4) is 0 Å². The molecule has 1 fully saturated rings. The van der Waals surface area contributed by atoms with Gasteiger partial charge in [-0.15, -0.1) is 0 Å². The molecule has 3 aromatic rings. The van der Waals surface area contributed by atoms with E-state index >= 15 is 0 Å². The number of aryl methyl sites for hydroxylation is 2. The van der Waals surface area contributed by atoms with Crippen molar-refractivity contribution in [3.63, 3.8) is 0 Å². The highest BCUT2D eigenvalue weighted by Crippen LogP contribution is 2.19. The number of morpholine rings is 1. The number of esters is 1. The number of hydrogen-bond donors (Lipinski definition) is 0. The fourth-order valence-corrected chi connectivity index (χ4v) is 4.87. The Labute approximate surface area is 184 Å². The van der Waals surface area contributed by atoms with Gasteiger partial charge in [-0.05, 0) is 37.3 Å². The van der Waals surface area contributed by atoms with Crippen molar-refractivity contribution in [3.05, 3.63) is 53.3 Å². The Morgan fingerprint density at radius 2 is 1.81 bits per heavy atom. The SMILES string of the molecule is Cc1nn(C)c2ncc(C(=O)OCC(=O)c3ccc(S(=O)(=O)N4CCOCC4)cc3)cc12. The van der Waals surface area contributed by atoms with Crippen LogP contribution >= 0.6 is 0 Å². The van der Waals surface area contributed by atoms with Crippen molar-refractivity contribution in [2.24, 2.45) is 7.05 Å². The number of pyridine rings is 1. The number of carbonyl (C=O) groups excluding carboxylic acids is 2. The maximum atomic E-state index is 12.7. The van der Waals surface area contributed by atoms with Crippen LogP contribution in [0.1, 0.15) is 26.4 Å². The van der Waals surface area contributed by atoms with E-state index in [1.165, 1.54) is 34.8 Å². The fraction of sp³-hybridized carbons (Fsp3) is 0.333. The van der Waals surface area contributed by atoms with Gasteiger partial charge >= 0.3 is 5.97 Å². The lowest BCUT2D eigenvalue weighted by atomic mass is 10.1. The number of nitrogens with zero attached hydrogens (tertiary/aromatic N) is 4. The van der Waals surface area contributed by atoms with Gasteiger partial charge in [-0.2, -0.15) is 9.40 Å². The van der Waals surface area contributed by atoms with Crippen molar-refractivity contribution >= 4 is 32.8 Å². The second kappa shape index (κ2) is 8.77. The largest absolute Gasteiger partial charge is 0.454 e. The minimum absolute atomic E-state index is 0.0964. The third-order valence-electron chi connectivity index (χ3n) is 5.22. The first-order valence-electron chi connectivity index (χ1n) is 9.95. The Morgan fingerprint density at radius 1 is 1.12 bits per heavy atom. The van der Waals surface area contributed by atoms with Gasteiger partial charge in [0.1, 0.15) is 0 Å². The van der Waals surface area contributed by atoms with Crippen molar-refractivity contribution in [1.82, 2.24) is 19.1 Å². The second-order valence-electron chi connectivity index (χ2n) is 7.34. The molecule has 1 aliphatic heterocycles. The van der Waals surface area contributed by atoms with E-state index in [-0.39, 0.29) is 29.1 Å². The Morgan fingerprint density at radius 3 is 2.50 bits per heavy atom. The van der Waals surface area contributed by atoms with Gasteiger partial charge in [-0.3, -0.25) is 9.48 Å². The maximum Gasteiger partial charge on any atom is 0.340 e. The molecule has 2 aromatic heterocycles. The number of ether oxygens (including phenoxy) is 2. The van der Waals surface area contributed by atoms with Crippen LogP contribution in [0.4, 0.5) is 0 Å². The van der Waals surface area contributed by atoms with Crippen LogP contribution in [0.5, 0.6) is 0 Å². The third kappa shape index (κ3) is 4.27. The van der Waals surface area contributed by atoms with Crippen molar-refractivity contribution in [2.45, 2.75) is 11.8 Å². The van der Waals surface area contributed by atoms with Gasteiger partial charge < -0.3 is 9.47 Å². The van der Waals surface area contributed by atoms with E-state index in [0.29, 0.717) is 18.9 Å². The number of Topliss-reactive ketones (excluding diaryl/α,β-unsaturated/α-hetero) is 1. The first-order chi connectivity index (χ1) is 15.3. The average Bonchev–Trinajstić information content (AvgIpc) is 3.10. The van der Waals surface area contributed by atoms with Gasteiger partial charge in [0.25, 0.3) is 0 Å². The monoisotopic (exact) mass is 458 g/mol. The molecule has 0 unspecified atom stereocenters. The van der Waals surface area contributed by atoms with Crippen LogP contribution in [0.2, 0.25) is 0 Å². The molecule has 0 radical (unpaired) electrons. The Bertz CT molecular complexity index is 1280. The van der Waals surface area contributed by atoms with Crippen LogP contribution in [0.25, 0.3) is 11.0 Å². The molecule has 11 heteroatoms. The van der Waals surface area contributed by atoms with Gasteiger partial charge in [-0.1, -0.05) is 0 Å².